The highest BCUT2D eigenvalue weighted by molar-refractivity contribution is 5.85. The van der Waals surface area contributed by atoms with E-state index in [9.17, 15) is 4.79 Å². The van der Waals surface area contributed by atoms with Crippen LogP contribution in [0.5, 0.6) is 0 Å². The van der Waals surface area contributed by atoms with Crippen LogP contribution in [0.1, 0.15) is 56.2 Å². The van der Waals surface area contributed by atoms with Gasteiger partial charge in [0.05, 0.1) is 12.2 Å². The number of nitrogens with one attached hydrogen (secondary N) is 1. The molecule has 3 heterocycles. The summed E-state index contributed by atoms with van der Waals surface area (Å²) in [6.07, 6.45) is 4.39. The van der Waals surface area contributed by atoms with Crippen molar-refractivity contribution in [2.45, 2.75) is 52.0 Å². The van der Waals surface area contributed by atoms with Crippen molar-refractivity contribution in [2.75, 3.05) is 19.6 Å². The average Bonchev–Trinajstić information content (AvgIpc) is 3.12. The van der Waals surface area contributed by atoms with Crippen LogP contribution in [0.2, 0.25) is 0 Å². The van der Waals surface area contributed by atoms with Gasteiger partial charge in [-0.3, -0.25) is 4.79 Å². The fraction of sp³-hybridized carbons (Fsp3) is 0.778. The van der Waals surface area contributed by atoms with E-state index in [1.807, 2.05) is 0 Å². The van der Waals surface area contributed by atoms with Crippen molar-refractivity contribution in [2.24, 2.45) is 18.4 Å². The standard InChI is InChI=1S/C18H28N4O.2ClH/c1-12(2)16-20-14-11-22(9-4-15(14)21(16)3)17(23)13-10-18(13)5-7-19-8-6-18;;/h12-13,19H,4-11H2,1-3H3;2*1H. The third-order valence-corrected chi connectivity index (χ3v) is 6.21. The molecule has 0 aromatic carbocycles. The maximum Gasteiger partial charge on any atom is 0.226 e. The molecule has 1 aromatic heterocycles. The van der Waals surface area contributed by atoms with E-state index >= 15 is 0 Å². The topological polar surface area (TPSA) is 50.2 Å². The lowest BCUT2D eigenvalue weighted by molar-refractivity contribution is -0.134. The van der Waals surface area contributed by atoms with E-state index in [2.05, 4.69) is 35.7 Å². The second-order valence-electron chi connectivity index (χ2n) is 7.96. The Morgan fingerprint density at radius 3 is 2.60 bits per heavy atom. The number of hydrogen-bond donors (Lipinski definition) is 1. The summed E-state index contributed by atoms with van der Waals surface area (Å²) in [6, 6.07) is 0. The number of imidazole rings is 1. The highest BCUT2D eigenvalue weighted by Gasteiger charge is 2.58. The number of piperidine rings is 1. The second kappa shape index (κ2) is 7.45. The summed E-state index contributed by atoms with van der Waals surface area (Å²) in [5.74, 6) is 2.23. The molecular formula is C18H30Cl2N4O. The number of amides is 1. The largest absolute Gasteiger partial charge is 0.336 e. The molecule has 0 bridgehead atoms. The Kier molecular flexibility index (Phi) is 6.12. The first-order valence-corrected chi connectivity index (χ1v) is 9.06. The van der Waals surface area contributed by atoms with Crippen LogP contribution in [0.15, 0.2) is 0 Å². The van der Waals surface area contributed by atoms with Gasteiger partial charge < -0.3 is 14.8 Å². The first-order chi connectivity index (χ1) is 11.0. The SMILES string of the molecule is CC(C)c1nc2c(n1C)CCN(C(=O)C1CC13CCNCC3)C2.Cl.Cl. The average molecular weight is 389 g/mol. The minimum absolute atomic E-state index is 0. The van der Waals surface area contributed by atoms with Gasteiger partial charge in [0, 0.05) is 37.5 Å². The van der Waals surface area contributed by atoms with Crippen molar-refractivity contribution in [1.82, 2.24) is 19.8 Å². The van der Waals surface area contributed by atoms with E-state index in [4.69, 9.17) is 4.98 Å². The van der Waals surface area contributed by atoms with Crippen molar-refractivity contribution in [3.8, 4) is 0 Å². The molecule has 1 amide bonds. The summed E-state index contributed by atoms with van der Waals surface area (Å²) in [6.45, 7) is 8.08. The van der Waals surface area contributed by atoms with Crippen LogP contribution >= 0.6 is 24.8 Å². The van der Waals surface area contributed by atoms with Crippen LogP contribution in [-0.2, 0) is 24.8 Å². The van der Waals surface area contributed by atoms with Crippen molar-refractivity contribution in [3.63, 3.8) is 0 Å². The lowest BCUT2D eigenvalue weighted by atomic mass is 9.91. The molecule has 142 valence electrons. The maximum atomic E-state index is 12.9. The molecule has 5 nitrogen and oxygen atoms in total. The zero-order valence-corrected chi connectivity index (χ0v) is 17.0. The molecule has 0 radical (unpaired) electrons. The molecule has 1 saturated heterocycles. The van der Waals surface area contributed by atoms with E-state index in [-0.39, 0.29) is 30.7 Å². The fourth-order valence-corrected chi connectivity index (χ4v) is 4.65. The third kappa shape index (κ3) is 3.43. The molecule has 4 rings (SSSR count). The Morgan fingerprint density at radius 2 is 1.96 bits per heavy atom. The molecule has 3 aliphatic rings. The summed E-state index contributed by atoms with van der Waals surface area (Å²) in [4.78, 5) is 19.8. The van der Waals surface area contributed by atoms with Gasteiger partial charge in [0.25, 0.3) is 0 Å². The predicted molar refractivity (Wildman–Crippen MR) is 104 cm³/mol. The van der Waals surface area contributed by atoms with E-state index < -0.39 is 0 Å². The molecular weight excluding hydrogens is 359 g/mol. The minimum atomic E-state index is 0. The van der Waals surface area contributed by atoms with Crippen molar-refractivity contribution >= 4 is 30.7 Å². The van der Waals surface area contributed by atoms with Crippen molar-refractivity contribution in [1.29, 1.82) is 0 Å². The zero-order chi connectivity index (χ0) is 16.2. The summed E-state index contributed by atoms with van der Waals surface area (Å²) in [7, 11) is 2.11. The van der Waals surface area contributed by atoms with Gasteiger partial charge in [0.15, 0.2) is 0 Å². The van der Waals surface area contributed by atoms with Gasteiger partial charge in [0.2, 0.25) is 5.91 Å². The van der Waals surface area contributed by atoms with Gasteiger partial charge in [-0.2, -0.15) is 0 Å². The molecule has 1 aromatic rings. The Balaban J connectivity index is 0.00000113. The first-order valence-electron chi connectivity index (χ1n) is 9.06. The van der Waals surface area contributed by atoms with Crippen molar-refractivity contribution < 1.29 is 4.79 Å². The number of hydrogen-bond acceptors (Lipinski definition) is 3. The molecule has 25 heavy (non-hydrogen) atoms. The Morgan fingerprint density at radius 1 is 1.28 bits per heavy atom. The quantitative estimate of drug-likeness (QED) is 0.846. The number of fused-ring (bicyclic) bond motifs is 1. The summed E-state index contributed by atoms with van der Waals surface area (Å²) in [5, 5.41) is 3.41. The molecule has 1 N–H and O–H groups in total. The summed E-state index contributed by atoms with van der Waals surface area (Å²) < 4.78 is 2.24. The molecule has 1 atom stereocenters. The Labute approximate surface area is 162 Å². The van der Waals surface area contributed by atoms with Crippen molar-refractivity contribution in [3.05, 3.63) is 17.2 Å². The summed E-state index contributed by atoms with van der Waals surface area (Å²) in [5.41, 5.74) is 2.77. The monoisotopic (exact) mass is 388 g/mol. The first kappa shape index (κ1) is 20.5. The highest BCUT2D eigenvalue weighted by atomic mass is 35.5. The number of halogens is 2. The van der Waals surface area contributed by atoms with E-state index in [1.165, 1.54) is 18.5 Å². The minimum Gasteiger partial charge on any atom is -0.336 e. The lowest BCUT2D eigenvalue weighted by Crippen LogP contribution is -2.39. The number of aromatic nitrogens is 2. The highest BCUT2D eigenvalue weighted by Crippen LogP contribution is 2.59. The summed E-state index contributed by atoms with van der Waals surface area (Å²) >= 11 is 0. The van der Waals surface area contributed by atoms with Gasteiger partial charge in [-0.15, -0.1) is 24.8 Å². The molecule has 1 aliphatic carbocycles. The Bertz CT molecular complexity index is 637. The smallest absolute Gasteiger partial charge is 0.226 e. The van der Waals surface area contributed by atoms with Crippen LogP contribution in [0.25, 0.3) is 0 Å². The van der Waals surface area contributed by atoms with Gasteiger partial charge in [-0.1, -0.05) is 13.8 Å². The number of carbonyl (C=O) groups excluding carboxylic acids is 1. The van der Waals surface area contributed by atoms with E-state index in [0.29, 0.717) is 23.8 Å². The molecule has 2 aliphatic heterocycles. The van der Waals surface area contributed by atoms with E-state index in [1.54, 1.807) is 0 Å². The van der Waals surface area contributed by atoms with E-state index in [0.717, 1.165) is 44.0 Å². The lowest BCUT2D eigenvalue weighted by Gasteiger charge is -2.29. The predicted octanol–water partition coefficient (Wildman–Crippen LogP) is 2.66. The van der Waals surface area contributed by atoms with Gasteiger partial charge in [-0.25, -0.2) is 4.98 Å². The molecule has 1 spiro atoms. The van der Waals surface area contributed by atoms with Gasteiger partial charge in [-0.05, 0) is 37.8 Å². The molecule has 2 fully saturated rings. The molecule has 7 heteroatoms. The number of rotatable bonds is 2. The van der Waals surface area contributed by atoms with Crippen LogP contribution < -0.4 is 5.32 Å². The Hall–Kier alpha value is -0.780. The van der Waals surface area contributed by atoms with Crippen LogP contribution in [0.3, 0.4) is 0 Å². The van der Waals surface area contributed by atoms with Gasteiger partial charge in [0.1, 0.15) is 5.82 Å². The van der Waals surface area contributed by atoms with Gasteiger partial charge >= 0.3 is 0 Å². The number of carbonyl (C=O) groups is 1. The van der Waals surface area contributed by atoms with Crippen LogP contribution in [0, 0.1) is 11.3 Å². The van der Waals surface area contributed by atoms with Crippen LogP contribution in [0.4, 0.5) is 0 Å². The normalized spacial score (nSPS) is 23.7. The maximum absolute atomic E-state index is 12.9. The second-order valence-corrected chi connectivity index (χ2v) is 7.96. The number of nitrogens with zero attached hydrogens (tertiary/aromatic N) is 3. The van der Waals surface area contributed by atoms with Crippen LogP contribution in [-0.4, -0.2) is 40.0 Å². The fourth-order valence-electron chi connectivity index (χ4n) is 4.65. The molecule has 1 saturated carbocycles. The molecule has 1 unspecified atom stereocenters. The zero-order valence-electron chi connectivity index (χ0n) is 15.4. The third-order valence-electron chi connectivity index (χ3n) is 6.21.